The number of fused-ring (bicyclic) bond motifs is 1. The molecule has 34 heavy (non-hydrogen) atoms. The molecule has 0 radical (unpaired) electrons. The zero-order chi connectivity index (χ0) is 26.2. The largest absolute Gasteiger partial charge is 0.463 e. The molecule has 0 aliphatic rings. The number of carbonyl (C=O) groups excluding carboxylic acids is 1. The second-order valence-corrected chi connectivity index (χ2v) is 7.11. The van der Waals surface area contributed by atoms with Crippen molar-refractivity contribution < 1.29 is 58.2 Å². The summed E-state index contributed by atoms with van der Waals surface area (Å²) in [6, 6.07) is 9.00. The van der Waals surface area contributed by atoms with Crippen LogP contribution in [0.5, 0.6) is 5.75 Å². The first kappa shape index (κ1) is 27.5. The lowest BCUT2D eigenvalue weighted by molar-refractivity contribution is -0.385. The molecule has 0 fully saturated rings. The summed E-state index contributed by atoms with van der Waals surface area (Å²) < 4.78 is 147. The summed E-state index contributed by atoms with van der Waals surface area (Å²) >= 11 is 3.80. The second-order valence-electron chi connectivity index (χ2n) is 6.64. The Kier molecular flexibility index (Phi) is 7.42. The van der Waals surface area contributed by atoms with Crippen LogP contribution in [0, 0.1) is 0 Å². The van der Waals surface area contributed by atoms with Crippen molar-refractivity contribution in [2.45, 2.75) is 36.0 Å². The molecule has 0 spiro atoms. The topological polar surface area (TPSA) is 35.5 Å². The molecule has 0 saturated heterocycles. The lowest BCUT2D eigenvalue weighted by atomic mass is 9.97. The van der Waals surface area contributed by atoms with Gasteiger partial charge >= 0.3 is 35.0 Å². The van der Waals surface area contributed by atoms with Crippen molar-refractivity contribution in [3.8, 4) is 5.75 Å². The maximum Gasteiger partial charge on any atom is 0.393 e. The normalized spacial score (nSPS) is 14.3. The number of hydrogen-bond donors (Lipinski definition) is 0. The summed E-state index contributed by atoms with van der Waals surface area (Å²) in [5, 5.41) is -6.11. The van der Waals surface area contributed by atoms with Crippen molar-refractivity contribution >= 4 is 28.3 Å². The second kappa shape index (κ2) is 9.16. The molecular weight excluding hydrogens is 514 g/mol. The van der Waals surface area contributed by atoms with Gasteiger partial charge in [0.25, 0.3) is 0 Å². The van der Waals surface area contributed by atoms with Crippen LogP contribution in [0.1, 0.15) is 6.92 Å². The number of halogens is 11. The molecule has 2 aromatic rings. The lowest BCUT2D eigenvalue weighted by Crippen LogP contribution is -2.66. The Morgan fingerprint density at radius 1 is 0.853 bits per heavy atom. The number of rotatable bonds is 9. The average Bonchev–Trinajstić information content (AvgIpc) is 2.72. The summed E-state index contributed by atoms with van der Waals surface area (Å²) in [6.07, 6.45) is -0.480. The summed E-state index contributed by atoms with van der Waals surface area (Å²) in [4.78, 5) is 11.7. The molecule has 188 valence electrons. The Morgan fingerprint density at radius 3 is 1.97 bits per heavy atom. The van der Waals surface area contributed by atoms with Gasteiger partial charge in [0.15, 0.2) is 5.76 Å². The number of ether oxygens (including phenoxy) is 2. The first-order chi connectivity index (χ1) is 15.4. The Morgan fingerprint density at radius 2 is 1.41 bits per heavy atom. The molecule has 0 atom stereocenters. The van der Waals surface area contributed by atoms with E-state index in [9.17, 15) is 48.7 Å². The molecule has 0 N–H and O–H groups in total. The number of allylic oxidation sites excluding steroid dienone is 1. The predicted octanol–water partition coefficient (Wildman–Crippen LogP) is 7.04. The van der Waals surface area contributed by atoms with E-state index in [1.807, 2.05) is 0 Å². The highest BCUT2D eigenvalue weighted by atomic mass is 35.5. The van der Waals surface area contributed by atoms with Gasteiger partial charge < -0.3 is 9.47 Å². The van der Waals surface area contributed by atoms with Crippen molar-refractivity contribution in [1.29, 1.82) is 0 Å². The molecule has 3 nitrogen and oxygen atoms in total. The van der Waals surface area contributed by atoms with Crippen LogP contribution in [-0.2, 0) is 9.53 Å². The molecule has 0 unspecified atom stereocenters. The van der Waals surface area contributed by atoms with Crippen LogP contribution in [0.2, 0.25) is 0 Å². The summed E-state index contributed by atoms with van der Waals surface area (Å²) in [5.74, 6) is -33.3. The van der Waals surface area contributed by atoms with Gasteiger partial charge in [-0.25, -0.2) is 4.79 Å². The van der Waals surface area contributed by atoms with Crippen molar-refractivity contribution in [2.75, 3.05) is 6.61 Å². The van der Waals surface area contributed by atoms with Gasteiger partial charge in [-0.2, -0.15) is 43.9 Å². The zero-order valence-electron chi connectivity index (χ0n) is 16.7. The SMILES string of the molecule is CCOC(=O)/C=C(\Oc1cccc2ccccc12)C(F)(F)C(F)(F)C(F)(F)C(F)(F)C(F)(F)Cl. The molecule has 2 rings (SSSR count). The van der Waals surface area contributed by atoms with Gasteiger partial charge in [0.1, 0.15) is 5.75 Å². The van der Waals surface area contributed by atoms with E-state index >= 15 is 0 Å². The fourth-order valence-corrected chi connectivity index (χ4v) is 2.72. The van der Waals surface area contributed by atoms with Gasteiger partial charge in [-0.05, 0) is 30.0 Å². The molecule has 0 bridgehead atoms. The fraction of sp³-hybridized carbons (Fsp3) is 0.350. The zero-order valence-corrected chi connectivity index (χ0v) is 17.5. The van der Waals surface area contributed by atoms with E-state index in [1.165, 1.54) is 43.3 Å². The number of esters is 1. The fourth-order valence-electron chi connectivity index (χ4n) is 2.61. The van der Waals surface area contributed by atoms with Crippen LogP contribution in [-0.4, -0.2) is 41.6 Å². The van der Waals surface area contributed by atoms with E-state index in [2.05, 4.69) is 21.1 Å². The van der Waals surface area contributed by atoms with Crippen LogP contribution in [0.15, 0.2) is 54.3 Å². The molecular formula is C20H13ClF10O3. The van der Waals surface area contributed by atoms with Crippen molar-refractivity contribution in [2.24, 2.45) is 0 Å². The van der Waals surface area contributed by atoms with Gasteiger partial charge in [-0.15, -0.1) is 0 Å². The van der Waals surface area contributed by atoms with E-state index in [1.54, 1.807) is 0 Å². The summed E-state index contributed by atoms with van der Waals surface area (Å²) in [7, 11) is 0. The average molecular weight is 527 g/mol. The number of hydrogen-bond acceptors (Lipinski definition) is 3. The van der Waals surface area contributed by atoms with Crippen LogP contribution >= 0.6 is 11.6 Å². The maximum absolute atomic E-state index is 14.7. The molecule has 0 saturated carbocycles. The van der Waals surface area contributed by atoms with Crippen molar-refractivity contribution in [1.82, 2.24) is 0 Å². The van der Waals surface area contributed by atoms with Gasteiger partial charge in [-0.1, -0.05) is 36.4 Å². The Labute approximate surface area is 189 Å². The van der Waals surface area contributed by atoms with Gasteiger partial charge in [0, 0.05) is 5.39 Å². The number of benzene rings is 2. The highest BCUT2D eigenvalue weighted by Crippen LogP contribution is 2.59. The molecule has 0 aliphatic carbocycles. The number of alkyl halides is 11. The van der Waals surface area contributed by atoms with Crippen LogP contribution < -0.4 is 4.74 Å². The third-order valence-corrected chi connectivity index (χ3v) is 4.59. The van der Waals surface area contributed by atoms with E-state index in [-0.39, 0.29) is 10.8 Å². The quantitative estimate of drug-likeness (QED) is 0.116. The minimum absolute atomic E-state index is 0.0387. The molecule has 0 aliphatic heterocycles. The molecule has 0 aromatic heterocycles. The Bertz CT molecular complexity index is 1070. The van der Waals surface area contributed by atoms with E-state index in [4.69, 9.17) is 0 Å². The monoisotopic (exact) mass is 526 g/mol. The minimum Gasteiger partial charge on any atom is -0.463 e. The van der Waals surface area contributed by atoms with Crippen LogP contribution in [0.3, 0.4) is 0 Å². The summed E-state index contributed by atoms with van der Waals surface area (Å²) in [6.45, 7) is 0.673. The molecule has 0 heterocycles. The smallest absolute Gasteiger partial charge is 0.393 e. The standard InChI is InChI=1S/C20H13ClF10O3/c1-2-33-15(32)10-14(34-13-9-5-7-11-6-3-4-8-12(11)13)16(22,23)17(24,25)18(26,27)19(28,29)20(21,30)31/h3-10H,2H2,1H3/b14-10-. The third-order valence-electron chi connectivity index (χ3n) is 4.35. The molecule has 14 heteroatoms. The number of carbonyl (C=O) groups is 1. The Hall–Kier alpha value is -2.70. The third kappa shape index (κ3) is 4.62. The van der Waals surface area contributed by atoms with E-state index in [0.29, 0.717) is 0 Å². The summed E-state index contributed by atoms with van der Waals surface area (Å²) in [5.41, 5.74) is 0. The lowest BCUT2D eigenvalue weighted by Gasteiger charge is -2.38. The van der Waals surface area contributed by atoms with E-state index in [0.717, 1.165) is 6.07 Å². The first-order valence-corrected chi connectivity index (χ1v) is 9.42. The van der Waals surface area contributed by atoms with Gasteiger partial charge in [-0.3, -0.25) is 0 Å². The minimum atomic E-state index is -7.43. The van der Waals surface area contributed by atoms with Gasteiger partial charge in [0.05, 0.1) is 12.7 Å². The Balaban J connectivity index is 2.68. The van der Waals surface area contributed by atoms with Crippen molar-refractivity contribution in [3.05, 3.63) is 54.3 Å². The van der Waals surface area contributed by atoms with Crippen LogP contribution in [0.4, 0.5) is 43.9 Å². The molecule has 2 aromatic carbocycles. The van der Waals surface area contributed by atoms with Crippen LogP contribution in [0.25, 0.3) is 10.8 Å². The highest BCUT2D eigenvalue weighted by Gasteiger charge is 2.87. The molecule has 0 amide bonds. The first-order valence-electron chi connectivity index (χ1n) is 9.04. The van der Waals surface area contributed by atoms with Gasteiger partial charge in [0.2, 0.25) is 0 Å². The highest BCUT2D eigenvalue weighted by molar-refractivity contribution is 6.22. The van der Waals surface area contributed by atoms with Crippen molar-refractivity contribution in [3.63, 3.8) is 0 Å². The maximum atomic E-state index is 14.7. The van der Waals surface area contributed by atoms with E-state index < -0.39 is 59.2 Å². The predicted molar refractivity (Wildman–Crippen MR) is 99.9 cm³/mol.